The lowest BCUT2D eigenvalue weighted by Gasteiger charge is -2.20. The highest BCUT2D eigenvalue weighted by molar-refractivity contribution is 8.00. The number of hydrogen-bond acceptors (Lipinski definition) is 6. The summed E-state index contributed by atoms with van der Waals surface area (Å²) < 4.78 is 1.04. The Bertz CT molecular complexity index is 1540. The van der Waals surface area contributed by atoms with E-state index in [4.69, 9.17) is 9.97 Å². The van der Waals surface area contributed by atoms with Crippen LogP contribution in [0.2, 0.25) is 0 Å². The van der Waals surface area contributed by atoms with Crippen LogP contribution in [0.4, 0.5) is 0 Å². The third kappa shape index (κ3) is 4.93. The van der Waals surface area contributed by atoms with Gasteiger partial charge in [-0.2, -0.15) is 0 Å². The van der Waals surface area contributed by atoms with Gasteiger partial charge in [-0.3, -0.25) is 4.79 Å². The minimum absolute atomic E-state index is 0.0266. The number of carbonyl (C=O) groups excluding carboxylic acids is 1. The lowest BCUT2D eigenvalue weighted by Crippen LogP contribution is -2.30. The van der Waals surface area contributed by atoms with Crippen molar-refractivity contribution in [3.05, 3.63) is 94.9 Å². The first kappa shape index (κ1) is 25.0. The predicted molar refractivity (Wildman–Crippen MR) is 157 cm³/mol. The second-order valence-corrected chi connectivity index (χ2v) is 11.7. The van der Waals surface area contributed by atoms with Crippen molar-refractivity contribution in [1.29, 1.82) is 0 Å². The van der Waals surface area contributed by atoms with Crippen LogP contribution < -0.4 is 5.32 Å². The number of carbonyl (C=O) groups is 1. The molecule has 0 atom stereocenters. The van der Waals surface area contributed by atoms with Gasteiger partial charge < -0.3 is 5.32 Å². The van der Waals surface area contributed by atoms with Gasteiger partial charge in [-0.1, -0.05) is 85.8 Å². The van der Waals surface area contributed by atoms with E-state index in [1.807, 2.05) is 36.4 Å². The van der Waals surface area contributed by atoms with E-state index in [1.165, 1.54) is 46.8 Å². The summed E-state index contributed by atoms with van der Waals surface area (Å²) in [7, 11) is 0. The van der Waals surface area contributed by atoms with Crippen LogP contribution in [-0.4, -0.2) is 26.6 Å². The molecule has 0 radical (unpaired) electrons. The topological polar surface area (TPSA) is 67.8 Å². The Morgan fingerprint density at radius 1 is 0.974 bits per heavy atom. The molecule has 1 aliphatic rings. The maximum atomic E-state index is 13.2. The van der Waals surface area contributed by atoms with Gasteiger partial charge >= 0.3 is 0 Å². The molecule has 0 spiro atoms. The SMILES string of the molecule is CCCc1nc2sc3c(SCC(=O)NC(c4ccccc4)c4ccccc4)ncnc3c2c2c1CCCC2. The molecule has 7 heteroatoms. The van der Waals surface area contributed by atoms with Gasteiger partial charge in [-0.25, -0.2) is 15.0 Å². The normalized spacial score (nSPS) is 13.2. The zero-order chi connectivity index (χ0) is 25.9. The van der Waals surface area contributed by atoms with Crippen molar-refractivity contribution in [2.75, 3.05) is 5.75 Å². The number of nitrogens with zero attached hydrogens (tertiary/aromatic N) is 3. The Hall–Kier alpha value is -3.29. The van der Waals surface area contributed by atoms with Crippen LogP contribution in [0.25, 0.3) is 20.4 Å². The van der Waals surface area contributed by atoms with Gasteiger partial charge in [0.2, 0.25) is 5.91 Å². The van der Waals surface area contributed by atoms with E-state index in [9.17, 15) is 4.79 Å². The molecule has 1 N–H and O–H groups in total. The quantitative estimate of drug-likeness (QED) is 0.169. The molecule has 2 aromatic carbocycles. The molecule has 6 rings (SSSR count). The number of fused-ring (bicyclic) bond motifs is 5. The molecule has 3 aromatic heterocycles. The summed E-state index contributed by atoms with van der Waals surface area (Å²) in [4.78, 5) is 28.7. The fourth-order valence-corrected chi connectivity index (χ4v) is 7.52. The number of rotatable bonds is 8. The second-order valence-electron chi connectivity index (χ2n) is 9.72. The van der Waals surface area contributed by atoms with E-state index in [1.54, 1.807) is 17.7 Å². The first-order valence-electron chi connectivity index (χ1n) is 13.3. The Kier molecular flexibility index (Phi) is 7.38. The zero-order valence-corrected chi connectivity index (χ0v) is 23.1. The first-order chi connectivity index (χ1) is 18.7. The van der Waals surface area contributed by atoms with Crippen LogP contribution in [0.15, 0.2) is 72.0 Å². The van der Waals surface area contributed by atoms with Crippen molar-refractivity contribution in [2.45, 2.75) is 56.5 Å². The number of pyridine rings is 1. The van der Waals surface area contributed by atoms with Crippen molar-refractivity contribution < 1.29 is 4.79 Å². The molecule has 5 aromatic rings. The molecule has 192 valence electrons. The predicted octanol–water partition coefficient (Wildman–Crippen LogP) is 7.07. The number of aryl methyl sites for hydroxylation is 2. The molecule has 0 fully saturated rings. The van der Waals surface area contributed by atoms with Crippen LogP contribution in [0, 0.1) is 0 Å². The number of thiophene rings is 1. The molecule has 3 heterocycles. The number of thioether (sulfide) groups is 1. The number of hydrogen-bond donors (Lipinski definition) is 1. The molecule has 1 aliphatic carbocycles. The molecule has 0 bridgehead atoms. The molecular weight excluding hydrogens is 509 g/mol. The minimum atomic E-state index is -0.201. The van der Waals surface area contributed by atoms with Crippen LogP contribution in [0.1, 0.15) is 60.2 Å². The van der Waals surface area contributed by atoms with Crippen molar-refractivity contribution in [3.63, 3.8) is 0 Å². The summed E-state index contributed by atoms with van der Waals surface area (Å²) in [5.41, 5.74) is 7.26. The van der Waals surface area contributed by atoms with Gasteiger partial charge in [0, 0.05) is 11.1 Å². The van der Waals surface area contributed by atoms with Gasteiger partial charge in [-0.05, 0) is 54.4 Å². The molecular formula is C31H30N4OS2. The Balaban J connectivity index is 1.28. The van der Waals surface area contributed by atoms with E-state index < -0.39 is 0 Å². The fraction of sp³-hybridized carbons (Fsp3) is 0.290. The average molecular weight is 539 g/mol. The molecule has 5 nitrogen and oxygen atoms in total. The maximum Gasteiger partial charge on any atom is 0.231 e. The fourth-order valence-electron chi connectivity index (χ4n) is 5.45. The summed E-state index contributed by atoms with van der Waals surface area (Å²) in [6.07, 6.45) is 8.40. The average Bonchev–Trinajstić information content (AvgIpc) is 3.35. The molecule has 0 saturated carbocycles. The standard InChI is InChI=1S/C31H30N4OS2/c1-2-11-24-22-16-9-10-17-23(22)26-28-29(38-30(26)34-24)31(33-19-32-28)37-18-25(36)35-27(20-12-5-3-6-13-20)21-14-7-4-8-15-21/h3-8,12-15,19,27H,2,9-11,16-18H2,1H3,(H,35,36). The second kappa shape index (κ2) is 11.2. The van der Waals surface area contributed by atoms with Crippen molar-refractivity contribution in [3.8, 4) is 0 Å². The Labute approximate surface area is 231 Å². The van der Waals surface area contributed by atoms with Crippen LogP contribution in [0.5, 0.6) is 0 Å². The van der Waals surface area contributed by atoms with Gasteiger partial charge in [0.25, 0.3) is 0 Å². The smallest absolute Gasteiger partial charge is 0.231 e. The monoisotopic (exact) mass is 538 g/mol. The van der Waals surface area contributed by atoms with E-state index >= 15 is 0 Å². The highest BCUT2D eigenvalue weighted by Gasteiger charge is 2.23. The third-order valence-corrected chi connectivity index (χ3v) is 9.37. The van der Waals surface area contributed by atoms with Gasteiger partial charge in [0.05, 0.1) is 22.0 Å². The number of amides is 1. The Morgan fingerprint density at radius 2 is 1.66 bits per heavy atom. The van der Waals surface area contributed by atoms with Crippen molar-refractivity contribution >= 4 is 49.4 Å². The molecule has 0 unspecified atom stereocenters. The van der Waals surface area contributed by atoms with Gasteiger partial charge in [0.15, 0.2) is 0 Å². The number of benzene rings is 2. The minimum Gasteiger partial charge on any atom is -0.344 e. The summed E-state index contributed by atoms with van der Waals surface area (Å²) in [5.74, 6) is 0.254. The lowest BCUT2D eigenvalue weighted by molar-refractivity contribution is -0.119. The van der Waals surface area contributed by atoms with E-state index in [0.717, 1.165) is 56.9 Å². The summed E-state index contributed by atoms with van der Waals surface area (Å²) in [6.45, 7) is 2.22. The van der Waals surface area contributed by atoms with E-state index in [0.29, 0.717) is 0 Å². The third-order valence-electron chi connectivity index (χ3n) is 7.17. The lowest BCUT2D eigenvalue weighted by atomic mass is 9.88. The maximum absolute atomic E-state index is 13.2. The van der Waals surface area contributed by atoms with Crippen molar-refractivity contribution in [2.24, 2.45) is 0 Å². The zero-order valence-electron chi connectivity index (χ0n) is 21.4. The summed E-state index contributed by atoms with van der Waals surface area (Å²) >= 11 is 3.15. The largest absolute Gasteiger partial charge is 0.344 e. The van der Waals surface area contributed by atoms with Crippen molar-refractivity contribution in [1.82, 2.24) is 20.3 Å². The summed E-state index contributed by atoms with van der Waals surface area (Å²) in [6, 6.07) is 20.0. The molecule has 0 saturated heterocycles. The van der Waals surface area contributed by atoms with Crippen LogP contribution in [-0.2, 0) is 24.1 Å². The first-order valence-corrected chi connectivity index (χ1v) is 15.1. The Morgan fingerprint density at radius 3 is 2.34 bits per heavy atom. The van der Waals surface area contributed by atoms with E-state index in [2.05, 4.69) is 41.5 Å². The number of nitrogens with one attached hydrogen (secondary N) is 1. The van der Waals surface area contributed by atoms with E-state index in [-0.39, 0.29) is 17.7 Å². The van der Waals surface area contributed by atoms with Crippen LogP contribution >= 0.6 is 23.1 Å². The van der Waals surface area contributed by atoms with Crippen LogP contribution in [0.3, 0.4) is 0 Å². The number of aromatic nitrogens is 3. The molecule has 0 aliphatic heterocycles. The van der Waals surface area contributed by atoms with Gasteiger partial charge in [0.1, 0.15) is 16.2 Å². The molecule has 1 amide bonds. The van der Waals surface area contributed by atoms with Gasteiger partial charge in [-0.15, -0.1) is 11.3 Å². The highest BCUT2D eigenvalue weighted by Crippen LogP contribution is 2.41. The summed E-state index contributed by atoms with van der Waals surface area (Å²) in [5, 5.41) is 5.31. The highest BCUT2D eigenvalue weighted by atomic mass is 32.2. The molecule has 38 heavy (non-hydrogen) atoms.